The molecule has 1 unspecified atom stereocenters. The number of carbonyl (C=O) groups is 1. The lowest BCUT2D eigenvalue weighted by Gasteiger charge is -2.14. The Morgan fingerprint density at radius 3 is 2.94 bits per heavy atom. The molecule has 1 aromatic rings. The molecule has 98 valence electrons. The largest absolute Gasteiger partial charge is 0.355 e. The minimum atomic E-state index is 0.0655. The zero-order valence-corrected chi connectivity index (χ0v) is 11.3. The summed E-state index contributed by atoms with van der Waals surface area (Å²) in [7, 11) is 0. The molecule has 0 aliphatic heterocycles. The molecular weight excluding hydrogens is 248 g/mol. The van der Waals surface area contributed by atoms with E-state index in [9.17, 15) is 4.79 Å². The van der Waals surface area contributed by atoms with Crippen molar-refractivity contribution < 1.29 is 4.79 Å². The molecule has 0 aromatic heterocycles. The van der Waals surface area contributed by atoms with Crippen LogP contribution in [0.5, 0.6) is 0 Å². The Kier molecular flexibility index (Phi) is 4.61. The molecule has 0 radical (unpaired) electrons. The molecule has 1 fully saturated rings. The van der Waals surface area contributed by atoms with Gasteiger partial charge in [0.2, 0.25) is 5.91 Å². The fourth-order valence-corrected chi connectivity index (χ4v) is 1.98. The first-order valence-corrected chi connectivity index (χ1v) is 6.78. The second-order valence-electron chi connectivity index (χ2n) is 4.91. The van der Waals surface area contributed by atoms with Crippen LogP contribution in [-0.4, -0.2) is 19.0 Å². The number of hydrogen-bond acceptors (Lipinski definition) is 2. The van der Waals surface area contributed by atoms with Crippen molar-refractivity contribution in [2.45, 2.75) is 25.8 Å². The second-order valence-corrected chi connectivity index (χ2v) is 5.34. The van der Waals surface area contributed by atoms with Gasteiger partial charge in [0, 0.05) is 17.6 Å². The van der Waals surface area contributed by atoms with Crippen LogP contribution in [-0.2, 0) is 4.79 Å². The lowest BCUT2D eigenvalue weighted by molar-refractivity contribution is -0.120. The summed E-state index contributed by atoms with van der Waals surface area (Å²) in [6, 6.07) is 7.81. The summed E-state index contributed by atoms with van der Waals surface area (Å²) in [6.07, 6.45) is 2.51. The van der Waals surface area contributed by atoms with E-state index in [4.69, 9.17) is 11.6 Å². The van der Waals surface area contributed by atoms with Gasteiger partial charge in [-0.3, -0.25) is 4.79 Å². The Morgan fingerprint density at radius 2 is 2.28 bits per heavy atom. The average molecular weight is 267 g/mol. The number of amides is 1. The van der Waals surface area contributed by atoms with Crippen molar-refractivity contribution in [2.24, 2.45) is 5.92 Å². The van der Waals surface area contributed by atoms with Crippen molar-refractivity contribution in [1.82, 2.24) is 10.6 Å². The fourth-order valence-electron chi connectivity index (χ4n) is 1.78. The normalized spacial score (nSPS) is 16.3. The third-order valence-electron chi connectivity index (χ3n) is 3.20. The zero-order chi connectivity index (χ0) is 13.0. The van der Waals surface area contributed by atoms with Crippen LogP contribution in [0.1, 0.15) is 31.4 Å². The molecule has 1 aromatic carbocycles. The van der Waals surface area contributed by atoms with Gasteiger partial charge in [-0.05, 0) is 43.4 Å². The Bertz CT molecular complexity index is 418. The summed E-state index contributed by atoms with van der Waals surface area (Å²) in [6.45, 7) is 3.20. The van der Waals surface area contributed by atoms with Crippen LogP contribution < -0.4 is 10.6 Å². The molecular formula is C14H19ClN2O. The number of nitrogens with one attached hydrogen (secondary N) is 2. The molecule has 1 aliphatic rings. The van der Waals surface area contributed by atoms with Gasteiger partial charge in [-0.2, -0.15) is 0 Å². The molecule has 2 rings (SSSR count). The third-order valence-corrected chi connectivity index (χ3v) is 3.44. The van der Waals surface area contributed by atoms with Crippen LogP contribution in [0.2, 0.25) is 5.02 Å². The highest BCUT2D eigenvalue weighted by atomic mass is 35.5. The van der Waals surface area contributed by atoms with E-state index in [1.165, 1.54) is 12.8 Å². The number of halogens is 1. The summed E-state index contributed by atoms with van der Waals surface area (Å²) in [5, 5.41) is 6.86. The minimum absolute atomic E-state index is 0.0655. The van der Waals surface area contributed by atoms with E-state index in [0.29, 0.717) is 6.54 Å². The predicted molar refractivity (Wildman–Crippen MR) is 73.6 cm³/mol. The van der Waals surface area contributed by atoms with Gasteiger partial charge >= 0.3 is 0 Å². The molecule has 1 saturated carbocycles. The first kappa shape index (κ1) is 13.4. The van der Waals surface area contributed by atoms with E-state index in [1.807, 2.05) is 31.2 Å². The summed E-state index contributed by atoms with van der Waals surface area (Å²) < 4.78 is 0. The maximum absolute atomic E-state index is 11.6. The van der Waals surface area contributed by atoms with E-state index in [2.05, 4.69) is 10.6 Å². The zero-order valence-electron chi connectivity index (χ0n) is 10.6. The Labute approximate surface area is 113 Å². The highest BCUT2D eigenvalue weighted by molar-refractivity contribution is 6.30. The van der Waals surface area contributed by atoms with Crippen molar-refractivity contribution in [3.8, 4) is 0 Å². The first-order chi connectivity index (χ1) is 8.65. The topological polar surface area (TPSA) is 41.1 Å². The van der Waals surface area contributed by atoms with Crippen LogP contribution >= 0.6 is 11.6 Å². The second kappa shape index (κ2) is 6.21. The minimum Gasteiger partial charge on any atom is -0.355 e. The third kappa shape index (κ3) is 4.31. The van der Waals surface area contributed by atoms with Crippen LogP contribution in [0.25, 0.3) is 0 Å². The molecule has 1 amide bonds. The average Bonchev–Trinajstić information content (AvgIpc) is 3.17. The predicted octanol–water partition coefficient (Wildman–Crippen LogP) is 2.52. The molecule has 0 saturated heterocycles. The smallest absolute Gasteiger partial charge is 0.233 e. The van der Waals surface area contributed by atoms with E-state index in [0.717, 1.165) is 23.0 Å². The molecule has 1 atom stereocenters. The number of carbonyl (C=O) groups excluding carboxylic acids is 1. The van der Waals surface area contributed by atoms with E-state index < -0.39 is 0 Å². The maximum Gasteiger partial charge on any atom is 0.233 e. The standard InChI is InChI=1S/C14H19ClN2O/c1-10(12-3-2-4-13(15)7-12)16-9-14(18)17-8-11-5-6-11/h2-4,7,10-11,16H,5-6,8-9H2,1H3,(H,17,18). The highest BCUT2D eigenvalue weighted by Gasteiger charge is 2.21. The molecule has 4 heteroatoms. The number of hydrogen-bond donors (Lipinski definition) is 2. The van der Waals surface area contributed by atoms with Gasteiger partial charge in [-0.15, -0.1) is 0 Å². The van der Waals surface area contributed by atoms with Crippen molar-refractivity contribution >= 4 is 17.5 Å². The van der Waals surface area contributed by atoms with Crippen molar-refractivity contribution in [3.63, 3.8) is 0 Å². The summed E-state index contributed by atoms with van der Waals surface area (Å²) in [5.41, 5.74) is 1.09. The number of rotatable bonds is 6. The number of benzene rings is 1. The van der Waals surface area contributed by atoms with Crippen molar-refractivity contribution in [2.75, 3.05) is 13.1 Å². The van der Waals surface area contributed by atoms with E-state index >= 15 is 0 Å². The molecule has 1 aliphatic carbocycles. The van der Waals surface area contributed by atoms with Crippen LogP contribution in [0.15, 0.2) is 24.3 Å². The Hall–Kier alpha value is -1.06. The summed E-state index contributed by atoms with van der Waals surface area (Å²) in [5.74, 6) is 0.787. The molecule has 0 bridgehead atoms. The van der Waals surface area contributed by atoms with Gasteiger partial charge < -0.3 is 10.6 Å². The Morgan fingerprint density at radius 1 is 1.50 bits per heavy atom. The lowest BCUT2D eigenvalue weighted by Crippen LogP contribution is -2.36. The van der Waals surface area contributed by atoms with Crippen LogP contribution in [0.3, 0.4) is 0 Å². The highest BCUT2D eigenvalue weighted by Crippen LogP contribution is 2.27. The molecule has 3 nitrogen and oxygen atoms in total. The van der Waals surface area contributed by atoms with Gasteiger partial charge in [-0.1, -0.05) is 23.7 Å². The quantitative estimate of drug-likeness (QED) is 0.831. The monoisotopic (exact) mass is 266 g/mol. The van der Waals surface area contributed by atoms with Crippen LogP contribution in [0, 0.1) is 5.92 Å². The SMILES string of the molecule is CC(NCC(=O)NCC1CC1)c1cccc(Cl)c1. The molecule has 2 N–H and O–H groups in total. The molecule has 18 heavy (non-hydrogen) atoms. The van der Waals surface area contributed by atoms with Crippen LogP contribution in [0.4, 0.5) is 0 Å². The van der Waals surface area contributed by atoms with Gasteiger partial charge in [0.25, 0.3) is 0 Å². The van der Waals surface area contributed by atoms with E-state index in [-0.39, 0.29) is 11.9 Å². The first-order valence-electron chi connectivity index (χ1n) is 6.40. The van der Waals surface area contributed by atoms with Gasteiger partial charge in [-0.25, -0.2) is 0 Å². The molecule has 0 spiro atoms. The lowest BCUT2D eigenvalue weighted by atomic mass is 10.1. The van der Waals surface area contributed by atoms with Crippen molar-refractivity contribution in [3.05, 3.63) is 34.9 Å². The maximum atomic E-state index is 11.6. The van der Waals surface area contributed by atoms with Gasteiger partial charge in [0.15, 0.2) is 0 Å². The molecule has 0 heterocycles. The van der Waals surface area contributed by atoms with Gasteiger partial charge in [0.1, 0.15) is 0 Å². The summed E-state index contributed by atoms with van der Waals surface area (Å²) in [4.78, 5) is 11.6. The van der Waals surface area contributed by atoms with Gasteiger partial charge in [0.05, 0.1) is 6.54 Å². The van der Waals surface area contributed by atoms with Crippen molar-refractivity contribution in [1.29, 1.82) is 0 Å². The summed E-state index contributed by atoms with van der Waals surface area (Å²) >= 11 is 5.94. The Balaban J connectivity index is 1.73. The fraction of sp³-hybridized carbons (Fsp3) is 0.500. The van der Waals surface area contributed by atoms with E-state index in [1.54, 1.807) is 0 Å².